The van der Waals surface area contributed by atoms with Gasteiger partial charge in [-0.05, 0) is 116 Å². The fourth-order valence-electron chi connectivity index (χ4n) is 12.2. The maximum Gasteiger partial charge on any atom is 0.146 e. The van der Waals surface area contributed by atoms with E-state index in [1.165, 1.54) is 131 Å². The van der Waals surface area contributed by atoms with Gasteiger partial charge in [-0.15, -0.1) is 0 Å². The summed E-state index contributed by atoms with van der Waals surface area (Å²) in [7, 11) is 0. The fraction of sp³-hybridized carbons (Fsp3) is 0.127. The van der Waals surface area contributed by atoms with E-state index in [1.807, 2.05) is 0 Å². The average Bonchev–Trinajstić information content (AvgIpc) is 4.13. The first-order valence-electron chi connectivity index (χ1n) is 23.7. The standard InChI is InChI=1S/C63H46N4/c1-62(2,3)38-25-27-52-46(31-38)47-29-35-16-11-13-21-42(35)55-57-53(66(52)59(47)55)34-64-61-56(57)48-30-36-17-10-12-20-41(36)54-49-33-39(63(4,5)6)32-44(58(49)67(61)60(48)54)37-24-26-51-45(28-37)43-22-14-15-23-50(43)65(51)40-18-8-7-9-19-40/h7-34H,1-6H3. The Labute approximate surface area is 386 Å². The lowest BCUT2D eigenvalue weighted by molar-refractivity contribution is 0.591. The molecule has 0 atom stereocenters. The van der Waals surface area contributed by atoms with Gasteiger partial charge in [-0.25, -0.2) is 4.98 Å². The van der Waals surface area contributed by atoms with E-state index in [9.17, 15) is 0 Å². The number of aromatic nitrogens is 4. The van der Waals surface area contributed by atoms with Crippen LogP contribution in [-0.2, 0) is 10.8 Å². The molecule has 4 nitrogen and oxygen atoms in total. The number of rotatable bonds is 2. The number of para-hydroxylation sites is 2. The van der Waals surface area contributed by atoms with Crippen LogP contribution in [0.15, 0.2) is 170 Å². The van der Waals surface area contributed by atoms with Gasteiger partial charge in [0, 0.05) is 65.1 Å². The topological polar surface area (TPSA) is 26.6 Å². The maximum atomic E-state index is 5.65. The molecule has 0 unspecified atom stereocenters. The van der Waals surface area contributed by atoms with E-state index >= 15 is 0 Å². The summed E-state index contributed by atoms with van der Waals surface area (Å²) in [5.74, 6) is 0. The minimum atomic E-state index is -0.0943. The normalized spacial score (nSPS) is 13.2. The number of nitrogens with zero attached hydrogens (tertiary/aromatic N) is 4. The Hall–Kier alpha value is -7.95. The van der Waals surface area contributed by atoms with Gasteiger partial charge < -0.3 is 8.97 Å². The number of hydrogen-bond donors (Lipinski definition) is 0. The molecule has 0 N–H and O–H groups in total. The SMILES string of the molecule is CC(C)(C)c1ccc2c(c1)c1cc3ccccc3c3c4c5c6cc7ccccc7c7c8cc(C(C)(C)C)cc(-c9ccc%10c(c9)c9ccccc9n%10-c9ccccc9)c8n(c5ncc4n2c13)c67. The van der Waals surface area contributed by atoms with Gasteiger partial charge in [-0.3, -0.25) is 4.40 Å². The lowest BCUT2D eigenvalue weighted by Gasteiger charge is -2.21. The molecule has 318 valence electrons. The molecule has 67 heavy (non-hydrogen) atoms. The molecule has 0 aliphatic carbocycles. The highest BCUT2D eigenvalue weighted by molar-refractivity contribution is 6.41. The van der Waals surface area contributed by atoms with Crippen LogP contribution >= 0.6 is 0 Å². The summed E-state index contributed by atoms with van der Waals surface area (Å²) in [6, 6.07) is 61.8. The van der Waals surface area contributed by atoms with E-state index < -0.39 is 0 Å². The third-order valence-corrected chi connectivity index (χ3v) is 15.4. The Morgan fingerprint density at radius 2 is 0.970 bits per heavy atom. The Morgan fingerprint density at radius 1 is 0.373 bits per heavy atom. The quantitative estimate of drug-likeness (QED) is 0.170. The molecule has 9 aromatic carbocycles. The van der Waals surface area contributed by atoms with Gasteiger partial charge in [0.1, 0.15) is 5.65 Å². The first kappa shape index (κ1) is 37.3. The number of hydrogen-bond acceptors (Lipinski definition) is 1. The molecule has 0 aliphatic rings. The van der Waals surface area contributed by atoms with Crippen molar-refractivity contribution in [1.82, 2.24) is 18.4 Å². The summed E-state index contributed by atoms with van der Waals surface area (Å²) in [5.41, 5.74) is 15.7. The molecule has 0 spiro atoms. The monoisotopic (exact) mass is 858 g/mol. The lowest BCUT2D eigenvalue weighted by Crippen LogP contribution is -2.11. The highest BCUT2D eigenvalue weighted by atomic mass is 15.0. The Balaban J connectivity index is 1.14. The van der Waals surface area contributed by atoms with Crippen LogP contribution in [0, 0.1) is 0 Å². The van der Waals surface area contributed by atoms with Crippen molar-refractivity contribution >= 4 is 120 Å². The van der Waals surface area contributed by atoms with E-state index in [0.29, 0.717) is 0 Å². The van der Waals surface area contributed by atoms with Crippen LogP contribution in [0.2, 0.25) is 0 Å². The smallest absolute Gasteiger partial charge is 0.146 e. The number of fused-ring (bicyclic) bond motifs is 20. The molecule has 0 amide bonds. The van der Waals surface area contributed by atoms with Gasteiger partial charge in [-0.1, -0.05) is 139 Å². The fourth-order valence-corrected chi connectivity index (χ4v) is 12.2. The minimum absolute atomic E-state index is 0.0314. The van der Waals surface area contributed by atoms with Gasteiger partial charge >= 0.3 is 0 Å². The second-order valence-electron chi connectivity index (χ2n) is 21.2. The third kappa shape index (κ3) is 4.74. The van der Waals surface area contributed by atoms with E-state index in [1.54, 1.807) is 0 Å². The van der Waals surface area contributed by atoms with Crippen LogP contribution in [0.4, 0.5) is 0 Å². The Morgan fingerprint density at radius 3 is 1.73 bits per heavy atom. The Kier molecular flexibility index (Phi) is 6.94. The summed E-state index contributed by atoms with van der Waals surface area (Å²) < 4.78 is 7.48. The molecule has 0 radical (unpaired) electrons. The molecule has 0 aliphatic heterocycles. The van der Waals surface area contributed by atoms with Crippen molar-refractivity contribution in [3.63, 3.8) is 0 Å². The summed E-state index contributed by atoms with van der Waals surface area (Å²) in [6.07, 6.45) is 2.18. The first-order chi connectivity index (χ1) is 32.5. The zero-order valence-corrected chi connectivity index (χ0v) is 38.5. The summed E-state index contributed by atoms with van der Waals surface area (Å²) in [5, 5.41) is 17.8. The molecule has 15 rings (SSSR count). The van der Waals surface area contributed by atoms with Crippen molar-refractivity contribution in [2.24, 2.45) is 0 Å². The van der Waals surface area contributed by atoms with E-state index in [-0.39, 0.29) is 10.8 Å². The summed E-state index contributed by atoms with van der Waals surface area (Å²) in [4.78, 5) is 5.65. The second-order valence-corrected chi connectivity index (χ2v) is 21.2. The summed E-state index contributed by atoms with van der Waals surface area (Å²) in [6.45, 7) is 14.0. The van der Waals surface area contributed by atoms with E-state index in [4.69, 9.17) is 4.98 Å². The van der Waals surface area contributed by atoms with Crippen LogP contribution < -0.4 is 0 Å². The molecule has 0 saturated carbocycles. The maximum absolute atomic E-state index is 5.65. The predicted molar refractivity (Wildman–Crippen MR) is 286 cm³/mol. The van der Waals surface area contributed by atoms with Crippen molar-refractivity contribution in [3.8, 4) is 16.8 Å². The molecule has 4 heteroatoms. The highest BCUT2D eigenvalue weighted by Crippen LogP contribution is 2.52. The zero-order chi connectivity index (χ0) is 44.8. The van der Waals surface area contributed by atoms with Crippen molar-refractivity contribution < 1.29 is 0 Å². The molecule has 15 aromatic rings. The van der Waals surface area contributed by atoms with E-state index in [2.05, 4.69) is 225 Å². The van der Waals surface area contributed by atoms with Gasteiger partial charge in [0.05, 0.1) is 44.8 Å². The first-order valence-corrected chi connectivity index (χ1v) is 23.7. The molecular formula is C63H46N4. The largest absolute Gasteiger partial charge is 0.309 e. The summed E-state index contributed by atoms with van der Waals surface area (Å²) >= 11 is 0. The van der Waals surface area contributed by atoms with Crippen LogP contribution in [0.25, 0.3) is 136 Å². The van der Waals surface area contributed by atoms with Crippen molar-refractivity contribution in [3.05, 3.63) is 181 Å². The van der Waals surface area contributed by atoms with Crippen molar-refractivity contribution in [2.45, 2.75) is 52.4 Å². The minimum Gasteiger partial charge on any atom is -0.309 e. The van der Waals surface area contributed by atoms with Gasteiger partial charge in [0.2, 0.25) is 0 Å². The van der Waals surface area contributed by atoms with Crippen molar-refractivity contribution in [1.29, 1.82) is 0 Å². The predicted octanol–water partition coefficient (Wildman–Crippen LogP) is 17.0. The molecule has 0 bridgehead atoms. The number of pyridine rings is 1. The molecular weight excluding hydrogens is 813 g/mol. The van der Waals surface area contributed by atoms with Crippen molar-refractivity contribution in [2.75, 3.05) is 0 Å². The molecule has 0 saturated heterocycles. The average molecular weight is 859 g/mol. The molecule has 6 heterocycles. The third-order valence-electron chi connectivity index (χ3n) is 15.4. The highest BCUT2D eigenvalue weighted by Gasteiger charge is 2.30. The van der Waals surface area contributed by atoms with Crippen LogP contribution in [0.3, 0.4) is 0 Å². The van der Waals surface area contributed by atoms with Gasteiger partial charge in [0.25, 0.3) is 0 Å². The zero-order valence-electron chi connectivity index (χ0n) is 38.5. The lowest BCUT2D eigenvalue weighted by atomic mass is 9.83. The van der Waals surface area contributed by atoms with Crippen LogP contribution in [-0.4, -0.2) is 18.4 Å². The van der Waals surface area contributed by atoms with Crippen LogP contribution in [0.5, 0.6) is 0 Å². The van der Waals surface area contributed by atoms with E-state index in [0.717, 1.165) is 16.9 Å². The van der Waals surface area contributed by atoms with Gasteiger partial charge in [0.15, 0.2) is 0 Å². The molecule has 0 fully saturated rings. The Bertz CT molecular complexity index is 4620. The second kappa shape index (κ2) is 12.5. The van der Waals surface area contributed by atoms with Gasteiger partial charge in [-0.2, -0.15) is 0 Å². The molecule has 6 aromatic heterocycles. The number of benzene rings is 9. The van der Waals surface area contributed by atoms with Crippen LogP contribution in [0.1, 0.15) is 52.7 Å².